The Bertz CT molecular complexity index is 362. The van der Waals surface area contributed by atoms with Gasteiger partial charge in [0, 0.05) is 19.8 Å². The van der Waals surface area contributed by atoms with Gasteiger partial charge in [-0.3, -0.25) is 0 Å². The maximum absolute atomic E-state index is 10.1. The summed E-state index contributed by atoms with van der Waals surface area (Å²) in [4.78, 5) is 0. The average Bonchev–Trinajstić information content (AvgIpc) is 2.48. The molecule has 20 heavy (non-hydrogen) atoms. The van der Waals surface area contributed by atoms with Gasteiger partial charge in [-0.15, -0.1) is 0 Å². The van der Waals surface area contributed by atoms with Gasteiger partial charge in [-0.2, -0.15) is 0 Å². The van der Waals surface area contributed by atoms with E-state index in [1.807, 2.05) is 32.9 Å². The third-order valence-electron chi connectivity index (χ3n) is 2.72. The highest BCUT2D eigenvalue weighted by molar-refractivity contribution is 6.76. The Morgan fingerprint density at radius 1 is 0.850 bits per heavy atom. The zero-order valence-electron chi connectivity index (χ0n) is 12.7. The fourth-order valence-corrected chi connectivity index (χ4v) is 4.63. The maximum atomic E-state index is 10.1. The SMILES string of the molecule is CCCO[Si](OCCC)(OCCC)c1ccccc1O. The van der Waals surface area contributed by atoms with E-state index in [1.165, 1.54) is 0 Å². The number of hydrogen-bond acceptors (Lipinski definition) is 4. The summed E-state index contributed by atoms with van der Waals surface area (Å²) < 4.78 is 18.0. The van der Waals surface area contributed by atoms with Crippen LogP contribution in [0.3, 0.4) is 0 Å². The third-order valence-corrected chi connectivity index (χ3v) is 5.56. The van der Waals surface area contributed by atoms with Gasteiger partial charge in [0.25, 0.3) is 0 Å². The van der Waals surface area contributed by atoms with Gasteiger partial charge in [0.15, 0.2) is 0 Å². The number of hydrogen-bond donors (Lipinski definition) is 1. The zero-order chi connectivity index (χ0) is 14.8. The molecule has 1 rings (SSSR count). The third kappa shape index (κ3) is 4.59. The molecule has 5 heteroatoms. The summed E-state index contributed by atoms with van der Waals surface area (Å²) in [6.07, 6.45) is 2.65. The lowest BCUT2D eigenvalue weighted by Crippen LogP contribution is -2.57. The van der Waals surface area contributed by atoms with E-state index in [1.54, 1.807) is 12.1 Å². The van der Waals surface area contributed by atoms with Crippen LogP contribution in [0.2, 0.25) is 0 Å². The first-order valence-corrected chi connectivity index (χ1v) is 9.13. The maximum Gasteiger partial charge on any atom is 0.541 e. The second-order valence-electron chi connectivity index (χ2n) is 4.62. The van der Waals surface area contributed by atoms with Crippen LogP contribution in [0.5, 0.6) is 5.75 Å². The van der Waals surface area contributed by atoms with Crippen LogP contribution >= 0.6 is 0 Å². The minimum atomic E-state index is -3.03. The summed E-state index contributed by atoms with van der Waals surface area (Å²) in [5, 5.41) is 10.8. The first kappa shape index (κ1) is 17.2. The Balaban J connectivity index is 3.08. The van der Waals surface area contributed by atoms with Gasteiger partial charge in [0.1, 0.15) is 5.75 Å². The summed E-state index contributed by atoms with van der Waals surface area (Å²) in [5.74, 6) is 0.183. The highest BCUT2D eigenvalue weighted by atomic mass is 28.4. The van der Waals surface area contributed by atoms with Gasteiger partial charge in [-0.25, -0.2) is 0 Å². The number of aromatic hydroxyl groups is 1. The smallest absolute Gasteiger partial charge is 0.508 e. The largest absolute Gasteiger partial charge is 0.541 e. The van der Waals surface area contributed by atoms with E-state index in [0.29, 0.717) is 25.0 Å². The van der Waals surface area contributed by atoms with Crippen LogP contribution in [0.4, 0.5) is 0 Å². The predicted molar refractivity (Wildman–Crippen MR) is 82.2 cm³/mol. The fourth-order valence-electron chi connectivity index (χ4n) is 1.80. The Hall–Kier alpha value is -0.883. The van der Waals surface area contributed by atoms with Crippen LogP contribution < -0.4 is 5.19 Å². The molecule has 0 saturated carbocycles. The van der Waals surface area contributed by atoms with Crippen molar-refractivity contribution in [1.29, 1.82) is 0 Å². The molecule has 0 unspecified atom stereocenters. The predicted octanol–water partition coefficient (Wildman–Crippen LogP) is 2.82. The van der Waals surface area contributed by atoms with Crippen molar-refractivity contribution in [2.75, 3.05) is 19.8 Å². The van der Waals surface area contributed by atoms with Crippen LogP contribution in [0.25, 0.3) is 0 Å². The Morgan fingerprint density at radius 2 is 1.30 bits per heavy atom. The molecular formula is C15H26O4Si. The summed E-state index contributed by atoms with van der Waals surface area (Å²) in [6.45, 7) is 7.83. The number of rotatable bonds is 10. The molecule has 114 valence electrons. The molecule has 0 aliphatic heterocycles. The molecule has 0 saturated heterocycles. The molecule has 0 fully saturated rings. The lowest BCUT2D eigenvalue weighted by molar-refractivity contribution is 0.0727. The van der Waals surface area contributed by atoms with E-state index in [-0.39, 0.29) is 5.75 Å². The molecule has 1 N–H and O–H groups in total. The number of phenolic OH excluding ortho intramolecular Hbond substituents is 1. The summed E-state index contributed by atoms with van der Waals surface area (Å²) in [7, 11) is -3.03. The van der Waals surface area contributed by atoms with Crippen molar-refractivity contribution >= 4 is 14.0 Å². The van der Waals surface area contributed by atoms with Crippen molar-refractivity contribution in [2.45, 2.75) is 40.0 Å². The summed E-state index contributed by atoms with van der Waals surface area (Å²) in [5.41, 5.74) is 0. The van der Waals surface area contributed by atoms with E-state index < -0.39 is 8.80 Å². The van der Waals surface area contributed by atoms with Crippen molar-refractivity contribution in [3.63, 3.8) is 0 Å². The van der Waals surface area contributed by atoms with Crippen LogP contribution in [-0.4, -0.2) is 33.7 Å². The summed E-state index contributed by atoms with van der Waals surface area (Å²) >= 11 is 0. The van der Waals surface area contributed by atoms with E-state index >= 15 is 0 Å². The number of para-hydroxylation sites is 1. The molecular weight excluding hydrogens is 272 g/mol. The van der Waals surface area contributed by atoms with Gasteiger partial charge >= 0.3 is 8.80 Å². The van der Waals surface area contributed by atoms with Crippen LogP contribution in [0.1, 0.15) is 40.0 Å². The number of benzene rings is 1. The first-order valence-electron chi connectivity index (χ1n) is 7.40. The van der Waals surface area contributed by atoms with Gasteiger partial charge in [0.05, 0.1) is 5.19 Å². The lowest BCUT2D eigenvalue weighted by Gasteiger charge is -2.30. The standard InChI is InChI=1S/C15H26O4Si/c1-4-11-17-20(18-12-5-2,19-13-6-3)15-10-8-7-9-14(15)16/h7-10,16H,4-6,11-13H2,1-3H3. The fraction of sp³-hybridized carbons (Fsp3) is 0.600. The zero-order valence-corrected chi connectivity index (χ0v) is 13.7. The lowest BCUT2D eigenvalue weighted by atomic mass is 10.3. The van der Waals surface area contributed by atoms with Crippen molar-refractivity contribution in [1.82, 2.24) is 0 Å². The second-order valence-corrected chi connectivity index (χ2v) is 7.14. The van der Waals surface area contributed by atoms with Crippen LogP contribution in [0.15, 0.2) is 24.3 Å². The molecule has 0 radical (unpaired) electrons. The molecule has 1 aromatic carbocycles. The average molecular weight is 298 g/mol. The Kier molecular flexibility index (Phi) is 7.83. The molecule has 0 heterocycles. The molecule has 0 aromatic heterocycles. The van der Waals surface area contributed by atoms with E-state index in [2.05, 4.69) is 0 Å². The van der Waals surface area contributed by atoms with E-state index in [9.17, 15) is 5.11 Å². The van der Waals surface area contributed by atoms with Gasteiger partial charge < -0.3 is 18.4 Å². The molecule has 0 atom stereocenters. The van der Waals surface area contributed by atoms with Crippen LogP contribution in [0, 0.1) is 0 Å². The molecule has 0 spiro atoms. The minimum Gasteiger partial charge on any atom is -0.508 e. The van der Waals surface area contributed by atoms with Gasteiger partial charge in [-0.05, 0) is 25.3 Å². The molecule has 0 amide bonds. The second kappa shape index (κ2) is 9.13. The first-order chi connectivity index (χ1) is 9.70. The Labute approximate surface area is 123 Å². The van der Waals surface area contributed by atoms with Crippen molar-refractivity contribution in [3.8, 4) is 5.75 Å². The molecule has 1 aromatic rings. The topological polar surface area (TPSA) is 47.9 Å². The number of phenols is 1. The highest BCUT2D eigenvalue weighted by Crippen LogP contribution is 2.18. The Morgan fingerprint density at radius 3 is 1.70 bits per heavy atom. The molecule has 4 nitrogen and oxygen atoms in total. The van der Waals surface area contributed by atoms with Crippen LogP contribution in [-0.2, 0) is 13.3 Å². The highest BCUT2D eigenvalue weighted by Gasteiger charge is 2.45. The molecule has 0 bridgehead atoms. The van der Waals surface area contributed by atoms with E-state index in [4.69, 9.17) is 13.3 Å². The van der Waals surface area contributed by atoms with Crippen molar-refractivity contribution in [2.24, 2.45) is 0 Å². The molecule has 0 aliphatic rings. The normalized spacial score (nSPS) is 11.8. The quantitative estimate of drug-likeness (QED) is 0.675. The molecule has 0 aliphatic carbocycles. The monoisotopic (exact) mass is 298 g/mol. The minimum absolute atomic E-state index is 0.183. The van der Waals surface area contributed by atoms with Gasteiger partial charge in [0.2, 0.25) is 0 Å². The van der Waals surface area contributed by atoms with Crippen molar-refractivity contribution < 1.29 is 18.4 Å². The van der Waals surface area contributed by atoms with E-state index in [0.717, 1.165) is 19.3 Å². The van der Waals surface area contributed by atoms with Crippen molar-refractivity contribution in [3.05, 3.63) is 24.3 Å². The summed E-state index contributed by atoms with van der Waals surface area (Å²) in [6, 6.07) is 7.15. The van der Waals surface area contributed by atoms with Gasteiger partial charge in [-0.1, -0.05) is 39.0 Å².